The summed E-state index contributed by atoms with van der Waals surface area (Å²) in [6.45, 7) is 10.2. The molecule has 0 aliphatic rings. The highest BCUT2D eigenvalue weighted by Crippen LogP contribution is 2.20. The van der Waals surface area contributed by atoms with Crippen molar-refractivity contribution < 1.29 is 4.79 Å². The van der Waals surface area contributed by atoms with Gasteiger partial charge < -0.3 is 10.7 Å². The normalized spacial score (nSPS) is 13.0. The van der Waals surface area contributed by atoms with Crippen LogP contribution in [0, 0.1) is 12.3 Å². The van der Waals surface area contributed by atoms with Crippen LogP contribution in [0.15, 0.2) is 18.2 Å². The standard InChI is InChI=1S/C14H23N3O/c1-9-8-11(17-15)6-7-12(9)13(18)16-10(2)14(3,4)5/h6-8,10,17H,15H2,1-5H3,(H,16,18). The summed E-state index contributed by atoms with van der Waals surface area (Å²) in [4.78, 5) is 12.2. The van der Waals surface area contributed by atoms with E-state index in [1.54, 1.807) is 12.1 Å². The minimum Gasteiger partial charge on any atom is -0.349 e. The number of benzene rings is 1. The smallest absolute Gasteiger partial charge is 0.251 e. The van der Waals surface area contributed by atoms with Crippen molar-refractivity contribution in [3.63, 3.8) is 0 Å². The largest absolute Gasteiger partial charge is 0.349 e. The fraction of sp³-hybridized carbons (Fsp3) is 0.500. The maximum atomic E-state index is 12.2. The molecule has 0 heterocycles. The molecule has 0 spiro atoms. The van der Waals surface area contributed by atoms with Gasteiger partial charge in [-0.15, -0.1) is 0 Å². The Bertz CT molecular complexity index is 435. The van der Waals surface area contributed by atoms with Gasteiger partial charge in [-0.1, -0.05) is 20.8 Å². The maximum absolute atomic E-state index is 12.2. The lowest BCUT2D eigenvalue weighted by atomic mass is 9.88. The third kappa shape index (κ3) is 3.47. The fourth-order valence-corrected chi connectivity index (χ4v) is 1.50. The van der Waals surface area contributed by atoms with Crippen LogP contribution in [0.5, 0.6) is 0 Å². The van der Waals surface area contributed by atoms with Gasteiger partial charge in [0.15, 0.2) is 0 Å². The van der Waals surface area contributed by atoms with E-state index in [9.17, 15) is 4.79 Å². The zero-order chi connectivity index (χ0) is 13.9. The van der Waals surface area contributed by atoms with Crippen LogP contribution >= 0.6 is 0 Å². The summed E-state index contributed by atoms with van der Waals surface area (Å²) in [5.41, 5.74) is 5.00. The number of aryl methyl sites for hydroxylation is 1. The SMILES string of the molecule is Cc1cc(NN)ccc1C(=O)NC(C)C(C)(C)C. The molecule has 1 unspecified atom stereocenters. The van der Waals surface area contributed by atoms with Crippen molar-refractivity contribution in [2.75, 3.05) is 5.43 Å². The molecule has 1 rings (SSSR count). The Balaban J connectivity index is 2.85. The topological polar surface area (TPSA) is 67.1 Å². The van der Waals surface area contributed by atoms with E-state index in [0.29, 0.717) is 5.56 Å². The number of hydrazine groups is 1. The van der Waals surface area contributed by atoms with E-state index in [1.165, 1.54) is 0 Å². The summed E-state index contributed by atoms with van der Waals surface area (Å²) in [6.07, 6.45) is 0. The molecular weight excluding hydrogens is 226 g/mol. The van der Waals surface area contributed by atoms with E-state index in [4.69, 9.17) is 5.84 Å². The Hall–Kier alpha value is -1.55. The van der Waals surface area contributed by atoms with Crippen molar-refractivity contribution >= 4 is 11.6 Å². The summed E-state index contributed by atoms with van der Waals surface area (Å²) < 4.78 is 0. The molecule has 0 radical (unpaired) electrons. The third-order valence-corrected chi connectivity index (χ3v) is 3.28. The Labute approximate surface area is 109 Å². The highest BCUT2D eigenvalue weighted by molar-refractivity contribution is 5.96. The second-order valence-electron chi connectivity index (χ2n) is 5.74. The van der Waals surface area contributed by atoms with E-state index >= 15 is 0 Å². The summed E-state index contributed by atoms with van der Waals surface area (Å²) in [7, 11) is 0. The van der Waals surface area contributed by atoms with Crippen LogP contribution in [0.4, 0.5) is 5.69 Å². The van der Waals surface area contributed by atoms with Gasteiger partial charge >= 0.3 is 0 Å². The maximum Gasteiger partial charge on any atom is 0.251 e. The summed E-state index contributed by atoms with van der Waals surface area (Å²) in [5, 5.41) is 3.02. The van der Waals surface area contributed by atoms with Crippen LogP contribution in [0.1, 0.15) is 43.6 Å². The summed E-state index contributed by atoms with van der Waals surface area (Å²) in [6, 6.07) is 5.55. The Kier molecular flexibility index (Phi) is 4.35. The molecule has 0 aliphatic heterocycles. The van der Waals surface area contributed by atoms with Crippen LogP contribution in [0.2, 0.25) is 0 Å². The van der Waals surface area contributed by atoms with Crippen molar-refractivity contribution in [1.29, 1.82) is 0 Å². The van der Waals surface area contributed by atoms with E-state index in [0.717, 1.165) is 11.3 Å². The van der Waals surface area contributed by atoms with Crippen LogP contribution in [0.25, 0.3) is 0 Å². The molecule has 0 fully saturated rings. The lowest BCUT2D eigenvalue weighted by Gasteiger charge is -2.28. The molecule has 0 aliphatic carbocycles. The average molecular weight is 249 g/mol. The Morgan fingerprint density at radius 1 is 1.33 bits per heavy atom. The molecule has 0 saturated heterocycles. The molecule has 0 bridgehead atoms. The second-order valence-corrected chi connectivity index (χ2v) is 5.74. The lowest BCUT2D eigenvalue weighted by Crippen LogP contribution is -2.41. The monoisotopic (exact) mass is 249 g/mol. The quantitative estimate of drug-likeness (QED) is 0.569. The minimum absolute atomic E-state index is 0.0431. The molecule has 4 N–H and O–H groups in total. The molecule has 1 aromatic rings. The number of amides is 1. The fourth-order valence-electron chi connectivity index (χ4n) is 1.50. The number of carbonyl (C=O) groups excluding carboxylic acids is 1. The molecule has 1 amide bonds. The second kappa shape index (κ2) is 5.40. The number of hydrogen-bond acceptors (Lipinski definition) is 3. The first-order chi connectivity index (χ1) is 8.25. The summed E-state index contributed by atoms with van der Waals surface area (Å²) in [5.74, 6) is 5.29. The van der Waals surface area contributed by atoms with Gasteiger partial charge in [0, 0.05) is 17.3 Å². The third-order valence-electron chi connectivity index (χ3n) is 3.28. The van der Waals surface area contributed by atoms with Crippen LogP contribution < -0.4 is 16.6 Å². The number of nitrogens with one attached hydrogen (secondary N) is 2. The molecule has 0 aromatic heterocycles. The number of nitrogens with two attached hydrogens (primary N) is 1. The molecule has 0 saturated carbocycles. The Morgan fingerprint density at radius 2 is 1.94 bits per heavy atom. The van der Waals surface area contributed by atoms with Crippen molar-refractivity contribution in [3.8, 4) is 0 Å². The zero-order valence-electron chi connectivity index (χ0n) is 11.8. The van der Waals surface area contributed by atoms with Gasteiger partial charge in [-0.25, -0.2) is 0 Å². The predicted octanol–water partition coefficient (Wildman–Crippen LogP) is 2.45. The van der Waals surface area contributed by atoms with Crippen LogP contribution in [-0.2, 0) is 0 Å². The first-order valence-corrected chi connectivity index (χ1v) is 6.14. The molecule has 100 valence electrons. The van der Waals surface area contributed by atoms with Gasteiger partial charge in [0.25, 0.3) is 5.91 Å². The highest BCUT2D eigenvalue weighted by Gasteiger charge is 2.22. The Morgan fingerprint density at radius 3 is 2.39 bits per heavy atom. The molecule has 1 atom stereocenters. The number of nitrogen functional groups attached to an aromatic ring is 1. The van der Waals surface area contributed by atoms with Gasteiger partial charge in [0.2, 0.25) is 0 Å². The van der Waals surface area contributed by atoms with Crippen molar-refractivity contribution in [2.45, 2.75) is 40.7 Å². The van der Waals surface area contributed by atoms with E-state index in [2.05, 4.69) is 31.5 Å². The van der Waals surface area contributed by atoms with Crippen molar-refractivity contribution in [1.82, 2.24) is 5.32 Å². The van der Waals surface area contributed by atoms with Crippen LogP contribution in [-0.4, -0.2) is 11.9 Å². The van der Waals surface area contributed by atoms with E-state index in [-0.39, 0.29) is 17.4 Å². The number of rotatable bonds is 3. The molecule has 1 aromatic carbocycles. The zero-order valence-corrected chi connectivity index (χ0v) is 11.8. The first-order valence-electron chi connectivity index (χ1n) is 6.14. The van der Waals surface area contributed by atoms with Gasteiger partial charge in [-0.2, -0.15) is 0 Å². The van der Waals surface area contributed by atoms with Crippen LogP contribution in [0.3, 0.4) is 0 Å². The van der Waals surface area contributed by atoms with Gasteiger partial charge in [0.05, 0.1) is 0 Å². The van der Waals surface area contributed by atoms with Gasteiger partial charge in [-0.05, 0) is 43.0 Å². The van der Waals surface area contributed by atoms with Crippen molar-refractivity contribution in [2.24, 2.45) is 11.3 Å². The van der Waals surface area contributed by atoms with E-state index < -0.39 is 0 Å². The minimum atomic E-state index is -0.0431. The first kappa shape index (κ1) is 14.5. The molecule has 4 heteroatoms. The molecule has 4 nitrogen and oxygen atoms in total. The number of hydrogen-bond donors (Lipinski definition) is 3. The number of anilines is 1. The number of carbonyl (C=O) groups is 1. The van der Waals surface area contributed by atoms with Gasteiger partial charge in [0.1, 0.15) is 0 Å². The highest BCUT2D eigenvalue weighted by atomic mass is 16.1. The average Bonchev–Trinajstić information content (AvgIpc) is 2.27. The van der Waals surface area contributed by atoms with E-state index in [1.807, 2.05) is 19.9 Å². The van der Waals surface area contributed by atoms with Crippen molar-refractivity contribution in [3.05, 3.63) is 29.3 Å². The summed E-state index contributed by atoms with van der Waals surface area (Å²) >= 11 is 0. The molecule has 18 heavy (non-hydrogen) atoms. The predicted molar refractivity (Wildman–Crippen MR) is 75.4 cm³/mol. The lowest BCUT2D eigenvalue weighted by molar-refractivity contribution is 0.0909. The van der Waals surface area contributed by atoms with Gasteiger partial charge in [-0.3, -0.25) is 10.6 Å². The molecular formula is C14H23N3O.